The summed E-state index contributed by atoms with van der Waals surface area (Å²) >= 11 is 0. The van der Waals surface area contributed by atoms with Gasteiger partial charge < -0.3 is 10.1 Å². The predicted octanol–water partition coefficient (Wildman–Crippen LogP) is 0.550. The highest BCUT2D eigenvalue weighted by atomic mass is 19.3. The lowest BCUT2D eigenvalue weighted by Crippen LogP contribution is -2.31. The second-order valence-electron chi connectivity index (χ2n) is 3.08. The van der Waals surface area contributed by atoms with Gasteiger partial charge in [0.2, 0.25) is 0 Å². The van der Waals surface area contributed by atoms with Crippen LogP contribution >= 0.6 is 0 Å². The van der Waals surface area contributed by atoms with E-state index in [9.17, 15) is 13.6 Å². The van der Waals surface area contributed by atoms with Gasteiger partial charge in [-0.3, -0.25) is 4.79 Å². The molecule has 1 saturated heterocycles. The van der Waals surface area contributed by atoms with Gasteiger partial charge in [0, 0.05) is 13.0 Å². The van der Waals surface area contributed by atoms with Crippen LogP contribution in [0, 0.1) is 11.8 Å². The molecule has 0 bridgehead atoms. The molecule has 0 aromatic heterocycles. The van der Waals surface area contributed by atoms with Gasteiger partial charge >= 0.3 is 0 Å². The van der Waals surface area contributed by atoms with Gasteiger partial charge in [-0.2, -0.15) is 0 Å². The number of rotatable bonds is 2. The summed E-state index contributed by atoms with van der Waals surface area (Å²) in [6.07, 6.45) is -0.945. The summed E-state index contributed by atoms with van der Waals surface area (Å²) < 4.78 is 30.0. The van der Waals surface area contributed by atoms with Crippen LogP contribution in [0.3, 0.4) is 0 Å². The second-order valence-corrected chi connectivity index (χ2v) is 3.08. The number of hydrogen-bond donors (Lipinski definition) is 1. The molecule has 78 valence electrons. The van der Waals surface area contributed by atoms with Crippen molar-refractivity contribution in [3.05, 3.63) is 0 Å². The average molecular weight is 203 g/mol. The monoisotopic (exact) mass is 203 g/mol. The van der Waals surface area contributed by atoms with E-state index in [0.29, 0.717) is 0 Å². The normalized spacial score (nSPS) is 23.8. The lowest BCUT2D eigenvalue weighted by molar-refractivity contribution is -0.116. The fourth-order valence-electron chi connectivity index (χ4n) is 1.19. The first-order valence-electron chi connectivity index (χ1n) is 4.23. The molecule has 1 unspecified atom stereocenters. The SMILES string of the molecule is CC#CC(=O)NCC1CC(F)(F)CO1. The minimum absolute atomic E-state index is 0.0864. The highest BCUT2D eigenvalue weighted by Crippen LogP contribution is 2.28. The Hall–Kier alpha value is -1.15. The fraction of sp³-hybridized carbons (Fsp3) is 0.667. The molecule has 0 radical (unpaired) electrons. The van der Waals surface area contributed by atoms with Crippen molar-refractivity contribution in [2.45, 2.75) is 25.4 Å². The van der Waals surface area contributed by atoms with Crippen molar-refractivity contribution in [2.75, 3.05) is 13.2 Å². The van der Waals surface area contributed by atoms with Gasteiger partial charge in [0.15, 0.2) is 0 Å². The molecule has 1 N–H and O–H groups in total. The number of alkyl halides is 2. The van der Waals surface area contributed by atoms with E-state index in [1.54, 1.807) is 0 Å². The Morgan fingerprint density at radius 1 is 1.71 bits per heavy atom. The molecule has 1 rings (SSSR count). The Labute approximate surface area is 80.8 Å². The van der Waals surface area contributed by atoms with Gasteiger partial charge in [-0.15, -0.1) is 0 Å². The maximum atomic E-state index is 12.6. The molecule has 1 fully saturated rings. The molecule has 14 heavy (non-hydrogen) atoms. The van der Waals surface area contributed by atoms with E-state index < -0.39 is 24.5 Å². The van der Waals surface area contributed by atoms with E-state index in [1.165, 1.54) is 6.92 Å². The van der Waals surface area contributed by atoms with E-state index >= 15 is 0 Å². The molecule has 1 aliphatic heterocycles. The summed E-state index contributed by atoms with van der Waals surface area (Å²) in [5.41, 5.74) is 0. The van der Waals surface area contributed by atoms with Gasteiger partial charge in [0.25, 0.3) is 11.8 Å². The van der Waals surface area contributed by atoms with Crippen LogP contribution in [0.2, 0.25) is 0 Å². The lowest BCUT2D eigenvalue weighted by Gasteiger charge is -2.08. The van der Waals surface area contributed by atoms with Gasteiger partial charge in [0.05, 0.1) is 6.10 Å². The average Bonchev–Trinajstić information content (AvgIpc) is 2.43. The van der Waals surface area contributed by atoms with Crippen LogP contribution in [0.4, 0.5) is 8.78 Å². The molecule has 0 aromatic carbocycles. The Bertz CT molecular complexity index is 280. The van der Waals surface area contributed by atoms with E-state index in [1.807, 2.05) is 0 Å². The van der Waals surface area contributed by atoms with E-state index in [0.717, 1.165) is 0 Å². The molecular formula is C9H11F2NO2. The first-order valence-corrected chi connectivity index (χ1v) is 4.23. The Balaban J connectivity index is 2.26. The molecule has 3 nitrogen and oxygen atoms in total. The molecule has 0 spiro atoms. The van der Waals surface area contributed by atoms with E-state index in [4.69, 9.17) is 4.74 Å². The summed E-state index contributed by atoms with van der Waals surface area (Å²) in [7, 11) is 0. The third kappa shape index (κ3) is 3.30. The number of ether oxygens (including phenoxy) is 1. The number of amides is 1. The first-order chi connectivity index (χ1) is 6.53. The molecule has 0 aromatic rings. The highest BCUT2D eigenvalue weighted by Gasteiger charge is 2.40. The van der Waals surface area contributed by atoms with Crippen molar-refractivity contribution in [3.63, 3.8) is 0 Å². The maximum Gasteiger partial charge on any atom is 0.295 e. The highest BCUT2D eigenvalue weighted by molar-refractivity contribution is 5.93. The summed E-state index contributed by atoms with van der Waals surface area (Å²) in [4.78, 5) is 10.8. The zero-order valence-corrected chi connectivity index (χ0v) is 7.77. The van der Waals surface area contributed by atoms with Gasteiger partial charge in [-0.25, -0.2) is 8.78 Å². The summed E-state index contributed by atoms with van der Waals surface area (Å²) in [6.45, 7) is 1.05. The van der Waals surface area contributed by atoms with Crippen LogP contribution < -0.4 is 5.32 Å². The minimum Gasteiger partial charge on any atom is -0.370 e. The summed E-state index contributed by atoms with van der Waals surface area (Å²) in [6, 6.07) is 0. The van der Waals surface area contributed by atoms with Crippen molar-refractivity contribution in [1.82, 2.24) is 5.32 Å². The Kier molecular flexibility index (Phi) is 3.42. The number of hydrogen-bond acceptors (Lipinski definition) is 2. The molecule has 5 heteroatoms. The maximum absolute atomic E-state index is 12.6. The molecule has 1 amide bonds. The molecule has 1 aliphatic rings. The zero-order chi connectivity index (χ0) is 10.6. The first kappa shape index (κ1) is 10.9. The molecule has 0 saturated carbocycles. The van der Waals surface area contributed by atoms with E-state index in [-0.39, 0.29) is 13.0 Å². The number of carbonyl (C=O) groups is 1. The fourth-order valence-corrected chi connectivity index (χ4v) is 1.19. The quantitative estimate of drug-likeness (QED) is 0.665. The third-order valence-electron chi connectivity index (χ3n) is 1.79. The van der Waals surface area contributed by atoms with Crippen LogP contribution in [-0.4, -0.2) is 31.1 Å². The van der Waals surface area contributed by atoms with Crippen LogP contribution in [0.25, 0.3) is 0 Å². The van der Waals surface area contributed by atoms with Crippen molar-refractivity contribution in [2.24, 2.45) is 0 Å². The van der Waals surface area contributed by atoms with Crippen molar-refractivity contribution < 1.29 is 18.3 Å². The molecule has 1 heterocycles. The minimum atomic E-state index is -2.76. The largest absolute Gasteiger partial charge is 0.370 e. The third-order valence-corrected chi connectivity index (χ3v) is 1.79. The van der Waals surface area contributed by atoms with Crippen LogP contribution in [0.5, 0.6) is 0 Å². The lowest BCUT2D eigenvalue weighted by atomic mass is 10.2. The van der Waals surface area contributed by atoms with Crippen molar-refractivity contribution in [3.8, 4) is 11.8 Å². The topological polar surface area (TPSA) is 38.3 Å². The van der Waals surface area contributed by atoms with Gasteiger partial charge in [-0.1, -0.05) is 5.92 Å². The number of halogens is 2. The smallest absolute Gasteiger partial charge is 0.295 e. The Morgan fingerprint density at radius 2 is 2.43 bits per heavy atom. The number of nitrogens with one attached hydrogen (secondary N) is 1. The predicted molar refractivity (Wildman–Crippen MR) is 45.8 cm³/mol. The van der Waals surface area contributed by atoms with Crippen LogP contribution in [-0.2, 0) is 9.53 Å². The Morgan fingerprint density at radius 3 is 2.93 bits per heavy atom. The summed E-state index contributed by atoms with van der Waals surface area (Å²) in [5, 5.41) is 2.39. The van der Waals surface area contributed by atoms with Crippen molar-refractivity contribution >= 4 is 5.91 Å². The number of carbonyl (C=O) groups excluding carboxylic acids is 1. The molecule has 1 atom stereocenters. The van der Waals surface area contributed by atoms with Crippen LogP contribution in [0.1, 0.15) is 13.3 Å². The molecular weight excluding hydrogens is 192 g/mol. The summed E-state index contributed by atoms with van der Waals surface area (Å²) in [5.74, 6) is 1.43. The second kappa shape index (κ2) is 4.38. The van der Waals surface area contributed by atoms with Crippen LogP contribution in [0.15, 0.2) is 0 Å². The molecule has 0 aliphatic carbocycles. The van der Waals surface area contributed by atoms with Gasteiger partial charge in [-0.05, 0) is 12.8 Å². The standard InChI is InChI=1S/C9H11F2NO2/c1-2-3-8(13)12-5-7-4-9(10,11)6-14-7/h7H,4-6H2,1H3,(H,12,13). The van der Waals surface area contributed by atoms with E-state index in [2.05, 4.69) is 17.2 Å². The van der Waals surface area contributed by atoms with Gasteiger partial charge in [0.1, 0.15) is 6.61 Å². The van der Waals surface area contributed by atoms with Crippen molar-refractivity contribution in [1.29, 1.82) is 0 Å². The zero-order valence-electron chi connectivity index (χ0n) is 7.77.